The zero-order valence-electron chi connectivity index (χ0n) is 28.2. The SMILES string of the molecule is CS(=O)(=O)N1CCc2c(c(-c3ccc(Cl)c(-c4cccc(C(=O)NCc5ncco5)c4)c3)nn2CCCN2CCC(N3CCCC3=O)CC2)C1. The van der Waals surface area contributed by atoms with Gasteiger partial charge in [0.15, 0.2) is 0 Å². The molecule has 0 bridgehead atoms. The van der Waals surface area contributed by atoms with Crippen LogP contribution in [0.4, 0.5) is 0 Å². The highest BCUT2D eigenvalue weighted by Crippen LogP contribution is 2.36. The van der Waals surface area contributed by atoms with E-state index in [0.29, 0.717) is 47.8 Å². The molecule has 0 unspecified atom stereocenters. The van der Waals surface area contributed by atoms with E-state index < -0.39 is 10.0 Å². The molecule has 5 heterocycles. The van der Waals surface area contributed by atoms with E-state index in [0.717, 1.165) is 92.0 Å². The number of aromatic nitrogens is 3. The van der Waals surface area contributed by atoms with Gasteiger partial charge in [-0.3, -0.25) is 14.3 Å². The summed E-state index contributed by atoms with van der Waals surface area (Å²) in [7, 11) is -3.40. The van der Waals surface area contributed by atoms with Crippen LogP contribution in [0.1, 0.15) is 59.6 Å². The largest absolute Gasteiger partial charge is 0.447 e. The van der Waals surface area contributed by atoms with E-state index in [9.17, 15) is 18.0 Å². The van der Waals surface area contributed by atoms with Crippen LogP contribution >= 0.6 is 11.6 Å². The number of hydrogen-bond donors (Lipinski definition) is 1. The van der Waals surface area contributed by atoms with Crippen molar-refractivity contribution in [2.24, 2.45) is 0 Å². The Morgan fingerprint density at radius 1 is 1.04 bits per heavy atom. The fourth-order valence-corrected chi connectivity index (χ4v) is 8.45. The highest BCUT2D eigenvalue weighted by molar-refractivity contribution is 7.88. The van der Waals surface area contributed by atoms with Gasteiger partial charge in [-0.15, -0.1) is 0 Å². The van der Waals surface area contributed by atoms with Crippen LogP contribution in [0.2, 0.25) is 5.02 Å². The topological polar surface area (TPSA) is 134 Å². The zero-order valence-corrected chi connectivity index (χ0v) is 29.8. The Morgan fingerprint density at radius 3 is 2.62 bits per heavy atom. The van der Waals surface area contributed by atoms with Crippen LogP contribution in [0.25, 0.3) is 22.4 Å². The maximum absolute atomic E-state index is 12.9. The quantitative estimate of drug-likeness (QED) is 0.238. The lowest BCUT2D eigenvalue weighted by Crippen LogP contribution is -2.45. The van der Waals surface area contributed by atoms with Gasteiger partial charge in [0.05, 0.1) is 24.7 Å². The lowest BCUT2D eigenvalue weighted by atomic mass is 9.97. The van der Waals surface area contributed by atoms with Gasteiger partial charge in [-0.2, -0.15) is 9.40 Å². The van der Waals surface area contributed by atoms with E-state index in [4.69, 9.17) is 21.1 Å². The molecule has 3 aliphatic heterocycles. The highest BCUT2D eigenvalue weighted by Gasteiger charge is 2.32. The summed E-state index contributed by atoms with van der Waals surface area (Å²) < 4.78 is 34.0. The van der Waals surface area contributed by atoms with Gasteiger partial charge in [0.1, 0.15) is 6.26 Å². The molecule has 4 aromatic rings. The third-order valence-electron chi connectivity index (χ3n) is 10.1. The Bertz CT molecular complexity index is 1970. The molecule has 0 spiro atoms. The van der Waals surface area contributed by atoms with Crippen molar-refractivity contribution in [3.63, 3.8) is 0 Å². The van der Waals surface area contributed by atoms with Crippen molar-refractivity contribution >= 4 is 33.4 Å². The first-order valence-corrected chi connectivity index (χ1v) is 19.5. The molecule has 3 aliphatic rings. The predicted octanol–water partition coefficient (Wildman–Crippen LogP) is 4.58. The number of nitrogens with zero attached hydrogens (tertiary/aromatic N) is 6. The molecule has 14 heteroatoms. The Labute approximate surface area is 297 Å². The van der Waals surface area contributed by atoms with Crippen LogP contribution in [-0.4, -0.2) is 94.1 Å². The van der Waals surface area contributed by atoms with E-state index in [1.165, 1.54) is 23.0 Å². The van der Waals surface area contributed by atoms with Crippen molar-refractivity contribution in [2.75, 3.05) is 39.0 Å². The minimum atomic E-state index is -3.40. The molecular formula is C36H42ClN7O5S. The summed E-state index contributed by atoms with van der Waals surface area (Å²) in [5, 5.41) is 8.45. The monoisotopic (exact) mass is 719 g/mol. The number of sulfonamides is 1. The fourth-order valence-electron chi connectivity index (χ4n) is 7.44. The van der Waals surface area contributed by atoms with Crippen molar-refractivity contribution in [2.45, 2.75) is 64.2 Å². The molecule has 2 amide bonds. The van der Waals surface area contributed by atoms with Crippen LogP contribution in [0.5, 0.6) is 0 Å². The number of amides is 2. The van der Waals surface area contributed by atoms with Gasteiger partial charge < -0.3 is 19.5 Å². The first-order chi connectivity index (χ1) is 24.1. The summed E-state index contributed by atoms with van der Waals surface area (Å²) in [6, 6.07) is 13.3. The molecule has 12 nitrogen and oxygen atoms in total. The number of hydrogen-bond acceptors (Lipinski definition) is 8. The molecule has 0 radical (unpaired) electrons. The summed E-state index contributed by atoms with van der Waals surface area (Å²) in [5.41, 5.74) is 5.51. The van der Waals surface area contributed by atoms with Crippen molar-refractivity contribution in [3.05, 3.63) is 82.7 Å². The van der Waals surface area contributed by atoms with Crippen LogP contribution in [0.15, 0.2) is 59.3 Å². The minimum absolute atomic E-state index is 0.171. The van der Waals surface area contributed by atoms with Crippen LogP contribution in [-0.2, 0) is 40.9 Å². The number of halogens is 1. The maximum atomic E-state index is 12.9. The lowest BCUT2D eigenvalue weighted by molar-refractivity contribution is -0.130. The molecule has 0 atom stereocenters. The molecule has 50 heavy (non-hydrogen) atoms. The maximum Gasteiger partial charge on any atom is 0.251 e. The Balaban J connectivity index is 1.09. The summed E-state index contributed by atoms with van der Waals surface area (Å²) in [6.45, 7) is 5.36. The Morgan fingerprint density at radius 2 is 1.88 bits per heavy atom. The molecule has 2 aromatic carbocycles. The Kier molecular flexibility index (Phi) is 10.1. The van der Waals surface area contributed by atoms with Gasteiger partial charge in [0, 0.05) is 91.1 Å². The number of carbonyl (C=O) groups excluding carboxylic acids is 2. The minimum Gasteiger partial charge on any atom is -0.447 e. The van der Waals surface area contributed by atoms with E-state index in [2.05, 4.69) is 24.8 Å². The van der Waals surface area contributed by atoms with Crippen LogP contribution in [0, 0.1) is 0 Å². The number of oxazole rings is 1. The molecular weight excluding hydrogens is 678 g/mol. The van der Waals surface area contributed by atoms with E-state index in [1.807, 2.05) is 30.3 Å². The standard InChI is InChI=1S/C36H42ClN7O5S/c1-50(47,48)42-19-12-32-30(24-42)35(40-44(32)16-4-14-41-17-10-28(11-18-41)43-15-3-7-34(43)45)26-8-9-31(37)29(22-26)25-5-2-6-27(21-25)36(46)39-23-33-38-13-20-49-33/h2,5-6,8-9,13,20-22,28H,3-4,7,10-12,14-19,23-24H2,1H3,(H,39,46). The third kappa shape index (κ3) is 7.51. The van der Waals surface area contributed by atoms with Gasteiger partial charge in [-0.25, -0.2) is 13.4 Å². The summed E-state index contributed by atoms with van der Waals surface area (Å²) >= 11 is 6.75. The number of benzene rings is 2. The van der Waals surface area contributed by atoms with Gasteiger partial charge in [0.2, 0.25) is 21.8 Å². The Hall–Kier alpha value is -4.04. The second kappa shape index (κ2) is 14.7. The van der Waals surface area contributed by atoms with Crippen molar-refractivity contribution in [1.29, 1.82) is 0 Å². The number of aryl methyl sites for hydroxylation is 1. The van der Waals surface area contributed by atoms with Gasteiger partial charge in [-0.05, 0) is 62.1 Å². The number of carbonyl (C=O) groups is 2. The zero-order chi connectivity index (χ0) is 34.8. The van der Waals surface area contributed by atoms with Crippen molar-refractivity contribution in [1.82, 2.24) is 34.2 Å². The summed E-state index contributed by atoms with van der Waals surface area (Å²) in [6.07, 6.45) is 9.43. The third-order valence-corrected chi connectivity index (χ3v) is 11.7. The second-order valence-electron chi connectivity index (χ2n) is 13.3. The number of piperidine rings is 1. The fraction of sp³-hybridized carbons (Fsp3) is 0.444. The molecule has 1 N–H and O–H groups in total. The molecule has 2 saturated heterocycles. The normalized spacial score (nSPS) is 17.7. The summed E-state index contributed by atoms with van der Waals surface area (Å²) in [5.74, 6) is 0.455. The average molecular weight is 720 g/mol. The lowest BCUT2D eigenvalue weighted by Gasteiger charge is -2.36. The second-order valence-corrected chi connectivity index (χ2v) is 15.7. The first-order valence-electron chi connectivity index (χ1n) is 17.3. The predicted molar refractivity (Wildman–Crippen MR) is 190 cm³/mol. The smallest absolute Gasteiger partial charge is 0.251 e. The van der Waals surface area contributed by atoms with Crippen molar-refractivity contribution in [3.8, 4) is 22.4 Å². The van der Waals surface area contributed by atoms with E-state index in [1.54, 1.807) is 12.1 Å². The van der Waals surface area contributed by atoms with E-state index in [-0.39, 0.29) is 19.0 Å². The molecule has 0 saturated carbocycles. The molecule has 0 aliphatic carbocycles. The molecule has 264 valence electrons. The first kappa shape index (κ1) is 34.4. The number of nitrogens with one attached hydrogen (secondary N) is 1. The van der Waals surface area contributed by atoms with Gasteiger partial charge >= 0.3 is 0 Å². The molecule has 2 aromatic heterocycles. The van der Waals surface area contributed by atoms with E-state index >= 15 is 0 Å². The van der Waals surface area contributed by atoms with Crippen LogP contribution < -0.4 is 5.32 Å². The molecule has 7 rings (SSSR count). The summed E-state index contributed by atoms with van der Waals surface area (Å²) in [4.78, 5) is 33.8. The van der Waals surface area contributed by atoms with Gasteiger partial charge in [-0.1, -0.05) is 29.8 Å². The number of likely N-dealkylation sites (tertiary alicyclic amines) is 2. The highest BCUT2D eigenvalue weighted by atomic mass is 35.5. The number of rotatable bonds is 11. The number of fused-ring (bicyclic) bond motifs is 1. The van der Waals surface area contributed by atoms with Crippen LogP contribution in [0.3, 0.4) is 0 Å². The van der Waals surface area contributed by atoms with Crippen molar-refractivity contribution < 1.29 is 22.4 Å². The molecule has 2 fully saturated rings. The average Bonchev–Trinajstić information content (AvgIpc) is 3.88. The van der Waals surface area contributed by atoms with Gasteiger partial charge in [0.25, 0.3) is 5.91 Å².